The predicted molar refractivity (Wildman–Crippen MR) is 119 cm³/mol. The molecule has 1 radical (unpaired) electrons. The van der Waals surface area contributed by atoms with Crippen molar-refractivity contribution in [1.82, 2.24) is 4.98 Å². The third-order valence-corrected chi connectivity index (χ3v) is 14.4. The third kappa shape index (κ3) is 7.57. The molecule has 26 heavy (non-hydrogen) atoms. The molecule has 149 valence electrons. The van der Waals surface area contributed by atoms with Crippen molar-refractivity contribution in [2.75, 3.05) is 7.05 Å². The van der Waals surface area contributed by atoms with E-state index in [1.807, 2.05) is 25.2 Å². The van der Waals surface area contributed by atoms with Crippen LogP contribution in [0, 0.1) is 31.1 Å². The van der Waals surface area contributed by atoms with Crippen LogP contribution in [-0.4, -0.2) is 28.7 Å². The molecule has 3 nitrogen and oxygen atoms in total. The second kappa shape index (κ2) is 11.8. The number of hydrogen-bond acceptors (Lipinski definition) is 1. The fourth-order valence-corrected chi connectivity index (χ4v) is 14.3. The maximum atomic E-state index is 5.32. The van der Waals surface area contributed by atoms with Gasteiger partial charge in [0, 0.05) is 12.4 Å². The molecule has 1 heterocycles. The van der Waals surface area contributed by atoms with Crippen molar-refractivity contribution in [2.45, 2.75) is 59.4 Å². The zero-order valence-corrected chi connectivity index (χ0v) is 21.8. The number of rotatable bonds is 4. The van der Waals surface area contributed by atoms with E-state index in [0.29, 0.717) is 0 Å². The van der Waals surface area contributed by atoms with Crippen molar-refractivity contribution < 1.29 is 17.4 Å². The van der Waals surface area contributed by atoms with Crippen molar-refractivity contribution in [1.29, 1.82) is 0 Å². The summed E-state index contributed by atoms with van der Waals surface area (Å²) in [7, 11) is -1.26. The molecule has 2 rings (SSSR count). The molecule has 0 saturated heterocycles. The van der Waals surface area contributed by atoms with E-state index in [0.717, 1.165) is 29.2 Å². The van der Waals surface area contributed by atoms with Gasteiger partial charge in [0.15, 0.2) is 0 Å². The van der Waals surface area contributed by atoms with Crippen molar-refractivity contribution in [3.63, 3.8) is 0 Å². The van der Waals surface area contributed by atoms with Crippen LogP contribution >= 0.6 is 0 Å². The average Bonchev–Trinajstić information content (AvgIpc) is 2.73. The van der Waals surface area contributed by atoms with Crippen molar-refractivity contribution >= 4 is 16.6 Å². The quantitative estimate of drug-likeness (QED) is 0.386. The molecule has 0 aromatic carbocycles. The normalized spacial score (nSPS) is 28.3. The molecule has 1 aliphatic carbocycles. The molecule has 1 fully saturated rings. The standard InChI is InChI=1S/C14H32N2Si2.C5H5N.CH3.Cr/c1-10-11(2)13(4)14(12(10)3)17(6,7)16-18(8,9)15-5;1-2-4-6-5-3-1;;/h10-14H,1-9H3;1-5H;1H3;/q-2;;-1;+3. The van der Waals surface area contributed by atoms with Gasteiger partial charge in [0.2, 0.25) is 0 Å². The van der Waals surface area contributed by atoms with Gasteiger partial charge in [-0.1, -0.05) is 60.6 Å². The van der Waals surface area contributed by atoms with Gasteiger partial charge in [-0.25, -0.2) is 0 Å². The molecule has 0 bridgehead atoms. The van der Waals surface area contributed by atoms with E-state index in [-0.39, 0.29) is 24.8 Å². The molecule has 1 aromatic rings. The number of pyridine rings is 1. The summed E-state index contributed by atoms with van der Waals surface area (Å²) in [5.74, 6) is 3.33. The van der Waals surface area contributed by atoms with E-state index < -0.39 is 16.6 Å². The first-order chi connectivity index (χ1) is 11.0. The van der Waals surface area contributed by atoms with Crippen molar-refractivity contribution in [2.24, 2.45) is 23.7 Å². The number of nitrogens with zero attached hydrogens (tertiary/aromatic N) is 3. The van der Waals surface area contributed by atoms with Gasteiger partial charge in [-0.05, 0) is 35.8 Å². The van der Waals surface area contributed by atoms with Gasteiger partial charge in [-0.3, -0.25) is 4.98 Å². The minimum absolute atomic E-state index is 0. The summed E-state index contributed by atoms with van der Waals surface area (Å²) in [4.78, 5) is 8.36. The Bertz CT molecular complexity index is 444. The Kier molecular flexibility index (Phi) is 12.8. The van der Waals surface area contributed by atoms with Crippen LogP contribution in [-0.2, 0) is 17.4 Å². The summed E-state index contributed by atoms with van der Waals surface area (Å²) in [6.07, 6.45) is 3.50. The van der Waals surface area contributed by atoms with Gasteiger partial charge >= 0.3 is 17.4 Å². The first kappa shape index (κ1) is 28.2. The first-order valence-electron chi connectivity index (χ1n) is 9.23. The minimum Gasteiger partial charge on any atom is -0.683 e. The van der Waals surface area contributed by atoms with Crippen LogP contribution in [0.4, 0.5) is 0 Å². The van der Waals surface area contributed by atoms with Gasteiger partial charge in [0.05, 0.1) is 0 Å². The van der Waals surface area contributed by atoms with Crippen LogP contribution in [0.1, 0.15) is 27.7 Å². The molecule has 4 atom stereocenters. The van der Waals surface area contributed by atoms with Gasteiger partial charge < -0.3 is 17.1 Å². The molecule has 0 amide bonds. The number of hydrogen-bond donors (Lipinski definition) is 0. The molecular weight excluding hydrogens is 390 g/mol. The largest absolute Gasteiger partial charge is 3.00 e. The summed E-state index contributed by atoms with van der Waals surface area (Å²) < 4.78 is 5.32. The van der Waals surface area contributed by atoms with Crippen LogP contribution in [0.25, 0.3) is 9.63 Å². The first-order valence-corrected chi connectivity index (χ1v) is 15.2. The van der Waals surface area contributed by atoms with Crippen LogP contribution in [0.3, 0.4) is 0 Å². The van der Waals surface area contributed by atoms with E-state index in [9.17, 15) is 0 Å². The van der Waals surface area contributed by atoms with Crippen molar-refractivity contribution in [3.05, 3.63) is 47.6 Å². The zero-order chi connectivity index (χ0) is 18.5. The molecule has 1 aliphatic rings. The van der Waals surface area contributed by atoms with Gasteiger partial charge in [0.25, 0.3) is 0 Å². The number of aromatic nitrogens is 1. The SMILES string of the molecule is C[N-][Si](C)(C)[N-][Si](C)(C)C1C(C)C(C)C(C)C1C.[CH3-].[Cr+3].c1ccncc1. The Labute approximate surface area is 176 Å². The summed E-state index contributed by atoms with van der Waals surface area (Å²) in [6, 6.07) is 5.72. The molecule has 0 aliphatic heterocycles. The summed E-state index contributed by atoms with van der Waals surface area (Å²) >= 11 is 0. The Morgan fingerprint density at radius 2 is 1.19 bits per heavy atom. The molecule has 1 aromatic heterocycles. The molecule has 0 spiro atoms. The van der Waals surface area contributed by atoms with E-state index in [1.165, 1.54) is 0 Å². The maximum Gasteiger partial charge on any atom is 3.00 e. The monoisotopic (exact) mass is 430 g/mol. The summed E-state index contributed by atoms with van der Waals surface area (Å²) in [5, 5.41) is 0. The molecule has 0 N–H and O–H groups in total. The maximum absolute atomic E-state index is 5.32. The Morgan fingerprint density at radius 3 is 1.46 bits per heavy atom. The van der Waals surface area contributed by atoms with E-state index in [4.69, 9.17) is 4.65 Å². The topological polar surface area (TPSA) is 41.1 Å². The second-order valence-electron chi connectivity index (χ2n) is 8.47. The Balaban J connectivity index is 0. The van der Waals surface area contributed by atoms with Gasteiger partial charge in [0.1, 0.15) is 0 Å². The van der Waals surface area contributed by atoms with Crippen LogP contribution < -0.4 is 0 Å². The molecule has 6 heteroatoms. The van der Waals surface area contributed by atoms with Gasteiger partial charge in [-0.15, -0.1) is 13.1 Å². The Morgan fingerprint density at radius 1 is 0.769 bits per heavy atom. The summed E-state index contributed by atoms with van der Waals surface area (Å²) in [6.45, 7) is 19.3. The summed E-state index contributed by atoms with van der Waals surface area (Å²) in [5.41, 5.74) is 0.830. The van der Waals surface area contributed by atoms with E-state index in [1.54, 1.807) is 12.4 Å². The average molecular weight is 431 g/mol. The minimum atomic E-state index is -1.67. The fraction of sp³-hybridized carbons (Fsp3) is 0.700. The van der Waals surface area contributed by atoms with Gasteiger partial charge in [-0.2, -0.15) is 15.4 Å². The van der Waals surface area contributed by atoms with Crippen LogP contribution in [0.2, 0.25) is 31.7 Å². The smallest absolute Gasteiger partial charge is 0.683 e. The van der Waals surface area contributed by atoms with E-state index >= 15 is 0 Å². The van der Waals surface area contributed by atoms with E-state index in [2.05, 4.69) is 63.8 Å². The zero-order valence-electron chi connectivity index (χ0n) is 18.5. The second-order valence-corrected chi connectivity index (χ2v) is 16.8. The molecule has 1 saturated carbocycles. The van der Waals surface area contributed by atoms with Crippen molar-refractivity contribution in [3.8, 4) is 0 Å². The predicted octanol–water partition coefficient (Wildman–Crippen LogP) is 6.73. The van der Waals surface area contributed by atoms with Crippen LogP contribution in [0.5, 0.6) is 0 Å². The third-order valence-electron chi connectivity index (χ3n) is 6.11. The van der Waals surface area contributed by atoms with Crippen LogP contribution in [0.15, 0.2) is 30.6 Å². The molecule has 4 unspecified atom stereocenters. The fourth-order valence-electron chi connectivity index (χ4n) is 4.52. The molecular formula is C20H40CrN3Si2. The Hall–Kier alpha value is 0.0362.